The Morgan fingerprint density at radius 2 is 1.73 bits per heavy atom. The summed E-state index contributed by atoms with van der Waals surface area (Å²) >= 11 is 0. The van der Waals surface area contributed by atoms with E-state index in [2.05, 4.69) is 0 Å². The molecule has 0 atom stereocenters. The van der Waals surface area contributed by atoms with Gasteiger partial charge in [-0.3, -0.25) is 9.59 Å². The SMILES string of the molecule is CN(C)CCCOc1cccc2c1C(=O)c1c(ccc(CO)c1O)C2=O. The van der Waals surface area contributed by atoms with Gasteiger partial charge in [-0.05, 0) is 32.6 Å². The lowest BCUT2D eigenvalue weighted by Crippen LogP contribution is -2.23. The number of ketones is 2. The van der Waals surface area contributed by atoms with Gasteiger partial charge in [0.1, 0.15) is 11.5 Å². The Kier molecular flexibility index (Phi) is 5.06. The molecule has 1 aliphatic rings. The van der Waals surface area contributed by atoms with Crippen LogP contribution in [0.25, 0.3) is 0 Å². The maximum absolute atomic E-state index is 13.0. The molecule has 6 heteroatoms. The number of benzene rings is 2. The van der Waals surface area contributed by atoms with Gasteiger partial charge in [0.05, 0.1) is 24.3 Å². The lowest BCUT2D eigenvalue weighted by molar-refractivity contribution is 0.0972. The van der Waals surface area contributed by atoms with Crippen LogP contribution < -0.4 is 4.74 Å². The van der Waals surface area contributed by atoms with Crippen molar-refractivity contribution in [2.75, 3.05) is 27.2 Å². The average molecular weight is 355 g/mol. The molecular weight excluding hydrogens is 334 g/mol. The molecule has 0 fully saturated rings. The molecule has 0 saturated heterocycles. The summed E-state index contributed by atoms with van der Waals surface area (Å²) in [5.41, 5.74) is 0.710. The molecule has 0 aliphatic heterocycles. The van der Waals surface area contributed by atoms with Crippen molar-refractivity contribution in [2.45, 2.75) is 13.0 Å². The van der Waals surface area contributed by atoms with E-state index in [-0.39, 0.29) is 39.4 Å². The number of rotatable bonds is 6. The first-order chi connectivity index (χ1) is 12.5. The second-order valence-corrected chi connectivity index (χ2v) is 6.50. The third kappa shape index (κ3) is 3.09. The topological polar surface area (TPSA) is 87.1 Å². The van der Waals surface area contributed by atoms with E-state index in [1.807, 2.05) is 19.0 Å². The molecule has 6 nitrogen and oxygen atoms in total. The van der Waals surface area contributed by atoms with Crippen LogP contribution in [0.4, 0.5) is 0 Å². The van der Waals surface area contributed by atoms with Gasteiger partial charge in [-0.1, -0.05) is 18.2 Å². The van der Waals surface area contributed by atoms with Gasteiger partial charge in [0.15, 0.2) is 5.78 Å². The molecular formula is C20H21NO5. The zero-order valence-corrected chi connectivity index (χ0v) is 14.8. The maximum Gasteiger partial charge on any atom is 0.201 e. The van der Waals surface area contributed by atoms with Crippen LogP contribution in [-0.4, -0.2) is 53.9 Å². The van der Waals surface area contributed by atoms with E-state index in [0.717, 1.165) is 13.0 Å². The van der Waals surface area contributed by atoms with Crippen LogP contribution in [0.1, 0.15) is 43.8 Å². The maximum atomic E-state index is 13.0. The quantitative estimate of drug-likeness (QED) is 0.658. The molecule has 2 aromatic carbocycles. The number of hydrogen-bond donors (Lipinski definition) is 2. The Morgan fingerprint density at radius 3 is 2.42 bits per heavy atom. The molecule has 0 spiro atoms. The highest BCUT2D eigenvalue weighted by atomic mass is 16.5. The van der Waals surface area contributed by atoms with Gasteiger partial charge in [0, 0.05) is 23.2 Å². The second-order valence-electron chi connectivity index (χ2n) is 6.50. The highest BCUT2D eigenvalue weighted by molar-refractivity contribution is 6.30. The molecule has 26 heavy (non-hydrogen) atoms. The van der Waals surface area contributed by atoms with Crippen molar-refractivity contribution < 1.29 is 24.5 Å². The van der Waals surface area contributed by atoms with E-state index in [1.165, 1.54) is 12.1 Å². The third-order valence-corrected chi connectivity index (χ3v) is 4.41. The number of ether oxygens (including phenoxy) is 1. The molecule has 1 aliphatic carbocycles. The minimum absolute atomic E-state index is 0.0709. The molecule has 0 radical (unpaired) electrons. The van der Waals surface area contributed by atoms with E-state index < -0.39 is 12.4 Å². The van der Waals surface area contributed by atoms with Crippen molar-refractivity contribution in [1.29, 1.82) is 0 Å². The average Bonchev–Trinajstić information content (AvgIpc) is 2.62. The smallest absolute Gasteiger partial charge is 0.201 e. The molecule has 0 unspecified atom stereocenters. The van der Waals surface area contributed by atoms with Crippen molar-refractivity contribution in [1.82, 2.24) is 4.90 Å². The molecule has 0 heterocycles. The summed E-state index contributed by atoms with van der Waals surface area (Å²) in [4.78, 5) is 27.8. The largest absolute Gasteiger partial charge is 0.507 e. The number of phenols is 1. The van der Waals surface area contributed by atoms with Crippen molar-refractivity contribution >= 4 is 11.6 Å². The van der Waals surface area contributed by atoms with E-state index in [0.29, 0.717) is 12.4 Å². The van der Waals surface area contributed by atoms with Crippen molar-refractivity contribution in [3.05, 3.63) is 58.1 Å². The molecule has 0 saturated carbocycles. The Morgan fingerprint density at radius 1 is 1.00 bits per heavy atom. The third-order valence-electron chi connectivity index (χ3n) is 4.41. The van der Waals surface area contributed by atoms with Gasteiger partial charge in [-0.25, -0.2) is 0 Å². The zero-order chi connectivity index (χ0) is 18.8. The Hall–Kier alpha value is -2.70. The molecule has 3 rings (SSSR count). The molecule has 136 valence electrons. The van der Waals surface area contributed by atoms with E-state index in [4.69, 9.17) is 4.74 Å². The zero-order valence-electron chi connectivity index (χ0n) is 14.8. The van der Waals surface area contributed by atoms with E-state index in [9.17, 15) is 19.8 Å². The normalized spacial score (nSPS) is 12.9. The summed E-state index contributed by atoms with van der Waals surface area (Å²) in [6.45, 7) is 0.827. The summed E-state index contributed by atoms with van der Waals surface area (Å²) in [6, 6.07) is 7.83. The molecule has 2 aromatic rings. The van der Waals surface area contributed by atoms with Crippen LogP contribution in [-0.2, 0) is 6.61 Å². The first kappa shape index (κ1) is 18.1. The fourth-order valence-electron chi connectivity index (χ4n) is 3.09. The Bertz CT molecular complexity index is 873. The van der Waals surface area contributed by atoms with Gasteiger partial charge in [0.25, 0.3) is 0 Å². The second kappa shape index (κ2) is 7.27. The molecule has 0 amide bonds. The Labute approximate surface area is 151 Å². The minimum atomic E-state index is -0.467. The van der Waals surface area contributed by atoms with Crippen molar-refractivity contribution in [3.63, 3.8) is 0 Å². The fraction of sp³-hybridized carbons (Fsp3) is 0.300. The highest BCUT2D eigenvalue weighted by Crippen LogP contribution is 2.38. The van der Waals surface area contributed by atoms with Crippen LogP contribution in [0.15, 0.2) is 30.3 Å². The van der Waals surface area contributed by atoms with Crippen LogP contribution in [0.2, 0.25) is 0 Å². The number of hydrogen-bond acceptors (Lipinski definition) is 6. The summed E-state index contributed by atoms with van der Waals surface area (Å²) in [5.74, 6) is -0.825. The number of aliphatic hydroxyl groups excluding tert-OH is 1. The number of carbonyl (C=O) groups is 2. The van der Waals surface area contributed by atoms with Crippen LogP contribution in [0.3, 0.4) is 0 Å². The van der Waals surface area contributed by atoms with Gasteiger partial charge in [0.2, 0.25) is 5.78 Å². The van der Waals surface area contributed by atoms with Gasteiger partial charge in [-0.2, -0.15) is 0 Å². The predicted octanol–water partition coefficient (Wildman–Crippen LogP) is 1.99. The Balaban J connectivity index is 2.00. The summed E-state index contributed by atoms with van der Waals surface area (Å²) in [7, 11) is 3.93. The number of fused-ring (bicyclic) bond motifs is 2. The highest BCUT2D eigenvalue weighted by Gasteiger charge is 2.35. The minimum Gasteiger partial charge on any atom is -0.507 e. The van der Waals surface area contributed by atoms with Gasteiger partial charge >= 0.3 is 0 Å². The summed E-state index contributed by atoms with van der Waals surface area (Å²) in [6.07, 6.45) is 0.773. The fourth-order valence-corrected chi connectivity index (χ4v) is 3.09. The van der Waals surface area contributed by atoms with Crippen molar-refractivity contribution in [3.8, 4) is 11.5 Å². The number of aliphatic hydroxyl groups is 1. The van der Waals surface area contributed by atoms with Crippen LogP contribution >= 0.6 is 0 Å². The number of nitrogens with zero attached hydrogens (tertiary/aromatic N) is 1. The summed E-state index contributed by atoms with van der Waals surface area (Å²) < 4.78 is 5.75. The van der Waals surface area contributed by atoms with Crippen LogP contribution in [0, 0.1) is 0 Å². The lowest BCUT2D eigenvalue weighted by Gasteiger charge is -2.22. The standard InChI is InChI=1S/C20H21NO5/c1-21(2)9-4-10-26-15-6-3-5-13-16(15)20(25)17-14(19(13)24)8-7-12(11-22)18(17)23/h3,5-8,22-23H,4,9-11H2,1-2H3. The van der Waals surface area contributed by atoms with Crippen LogP contribution in [0.5, 0.6) is 11.5 Å². The monoisotopic (exact) mass is 355 g/mol. The number of aromatic hydroxyl groups is 1. The molecule has 0 bridgehead atoms. The predicted molar refractivity (Wildman–Crippen MR) is 96.0 cm³/mol. The molecule has 2 N–H and O–H groups in total. The van der Waals surface area contributed by atoms with Gasteiger partial charge in [-0.15, -0.1) is 0 Å². The molecule has 0 aromatic heterocycles. The summed E-state index contributed by atoms with van der Waals surface area (Å²) in [5, 5.41) is 19.7. The van der Waals surface area contributed by atoms with E-state index in [1.54, 1.807) is 18.2 Å². The van der Waals surface area contributed by atoms with Crippen molar-refractivity contribution in [2.24, 2.45) is 0 Å². The number of carbonyl (C=O) groups excluding carboxylic acids is 2. The van der Waals surface area contributed by atoms with E-state index >= 15 is 0 Å². The lowest BCUT2D eigenvalue weighted by atomic mass is 9.82. The first-order valence-electron chi connectivity index (χ1n) is 8.41. The van der Waals surface area contributed by atoms with Gasteiger partial charge < -0.3 is 19.8 Å². The first-order valence-corrected chi connectivity index (χ1v) is 8.41.